The van der Waals surface area contributed by atoms with Gasteiger partial charge in [0.1, 0.15) is 11.6 Å². The molecule has 2 aromatic carbocycles. The second-order valence-corrected chi connectivity index (χ2v) is 7.55. The van der Waals surface area contributed by atoms with Crippen LogP contribution in [-0.4, -0.2) is 16.3 Å². The summed E-state index contributed by atoms with van der Waals surface area (Å²) in [4.78, 5) is 14.4. The Balaban J connectivity index is 1.81. The van der Waals surface area contributed by atoms with Crippen LogP contribution >= 0.6 is 24.0 Å². The summed E-state index contributed by atoms with van der Waals surface area (Å²) in [5.41, 5.74) is 1.03. The fourth-order valence-corrected chi connectivity index (χ4v) is 3.70. The van der Waals surface area contributed by atoms with E-state index < -0.39 is 5.82 Å². The lowest BCUT2D eigenvalue weighted by molar-refractivity contribution is -0.113. The van der Waals surface area contributed by atoms with E-state index in [1.54, 1.807) is 24.3 Å². The zero-order valence-corrected chi connectivity index (χ0v) is 16.1. The first kappa shape index (κ1) is 18.6. The molecule has 0 bridgehead atoms. The molecule has 0 aromatic heterocycles. The molecule has 1 amide bonds. The smallest absolute Gasteiger partial charge is 0.270 e. The second kappa shape index (κ2) is 8.01. The van der Waals surface area contributed by atoms with Crippen LogP contribution in [0.2, 0.25) is 0 Å². The lowest BCUT2D eigenvalue weighted by atomic mass is 10.2. The number of carbonyl (C=O) groups excluding carboxylic acids is 1. The minimum atomic E-state index is -0.475. The molecular formula is C20H18FNO2S2. The van der Waals surface area contributed by atoms with Crippen LogP contribution in [0.1, 0.15) is 25.8 Å². The molecule has 3 nitrogen and oxygen atoms in total. The van der Waals surface area contributed by atoms with E-state index in [1.165, 1.54) is 22.7 Å². The maximum absolute atomic E-state index is 14.0. The summed E-state index contributed by atoms with van der Waals surface area (Å²) < 4.78 is 20.1. The summed E-state index contributed by atoms with van der Waals surface area (Å²) in [6, 6.07) is 13.6. The number of nitrogens with zero attached hydrogens (tertiary/aromatic N) is 1. The Morgan fingerprint density at radius 3 is 2.58 bits per heavy atom. The number of carbonyl (C=O) groups is 1. The van der Waals surface area contributed by atoms with Crippen molar-refractivity contribution in [3.63, 3.8) is 0 Å². The fraction of sp³-hybridized carbons (Fsp3) is 0.200. The molecule has 1 aliphatic heterocycles. The van der Waals surface area contributed by atoms with Gasteiger partial charge in [-0.15, -0.1) is 0 Å². The molecule has 0 radical (unpaired) electrons. The first-order valence-electron chi connectivity index (χ1n) is 8.28. The van der Waals surface area contributed by atoms with Crippen molar-refractivity contribution in [2.75, 3.05) is 4.90 Å². The predicted molar refractivity (Wildman–Crippen MR) is 109 cm³/mol. The number of benzene rings is 2. The Morgan fingerprint density at radius 1 is 1.23 bits per heavy atom. The third-order valence-corrected chi connectivity index (χ3v) is 5.28. The molecule has 1 fully saturated rings. The molecule has 0 saturated carbocycles. The van der Waals surface area contributed by atoms with Gasteiger partial charge in [-0.05, 0) is 49.2 Å². The molecular weight excluding hydrogens is 369 g/mol. The average molecular weight is 388 g/mol. The van der Waals surface area contributed by atoms with Gasteiger partial charge in [-0.25, -0.2) is 4.39 Å². The maximum Gasteiger partial charge on any atom is 0.270 e. The molecule has 3 rings (SSSR count). The van der Waals surface area contributed by atoms with E-state index in [1.807, 2.05) is 31.2 Å². The first-order valence-corrected chi connectivity index (χ1v) is 9.51. The van der Waals surface area contributed by atoms with Crippen LogP contribution in [0.3, 0.4) is 0 Å². The molecule has 0 N–H and O–H groups in total. The zero-order valence-electron chi connectivity index (χ0n) is 14.4. The van der Waals surface area contributed by atoms with E-state index in [2.05, 4.69) is 6.92 Å². The molecule has 1 atom stereocenters. The molecule has 1 aliphatic rings. The van der Waals surface area contributed by atoms with Crippen LogP contribution < -0.4 is 9.64 Å². The highest BCUT2D eigenvalue weighted by molar-refractivity contribution is 8.27. The van der Waals surface area contributed by atoms with Gasteiger partial charge in [0, 0.05) is 0 Å². The van der Waals surface area contributed by atoms with E-state index in [9.17, 15) is 9.18 Å². The normalized spacial score (nSPS) is 17.0. The van der Waals surface area contributed by atoms with Gasteiger partial charge in [0.15, 0.2) is 4.32 Å². The summed E-state index contributed by atoms with van der Waals surface area (Å²) in [7, 11) is 0. The van der Waals surface area contributed by atoms with Crippen molar-refractivity contribution in [1.82, 2.24) is 0 Å². The highest BCUT2D eigenvalue weighted by atomic mass is 32.2. The number of rotatable bonds is 5. The fourth-order valence-electron chi connectivity index (χ4n) is 2.42. The van der Waals surface area contributed by atoms with Crippen LogP contribution in [-0.2, 0) is 4.79 Å². The topological polar surface area (TPSA) is 29.5 Å². The van der Waals surface area contributed by atoms with Gasteiger partial charge in [0.05, 0.1) is 16.7 Å². The van der Waals surface area contributed by atoms with Gasteiger partial charge in [-0.2, -0.15) is 0 Å². The van der Waals surface area contributed by atoms with E-state index >= 15 is 0 Å². The number of thioether (sulfide) groups is 1. The molecule has 1 saturated heterocycles. The van der Waals surface area contributed by atoms with Crippen molar-refractivity contribution < 1.29 is 13.9 Å². The van der Waals surface area contributed by atoms with Crippen molar-refractivity contribution in [2.24, 2.45) is 0 Å². The van der Waals surface area contributed by atoms with Gasteiger partial charge < -0.3 is 4.74 Å². The third-order valence-electron chi connectivity index (χ3n) is 3.98. The standard InChI is InChI=1S/C20H18FNO2S2/c1-3-13(2)24-15-10-8-14(9-11-15)12-18-19(23)22(20(25)26-18)17-7-5-4-6-16(17)21/h4-13H,3H2,1-2H3/b18-12+/t13-/m1/s1. The lowest BCUT2D eigenvalue weighted by Crippen LogP contribution is -2.28. The van der Waals surface area contributed by atoms with E-state index in [4.69, 9.17) is 17.0 Å². The number of para-hydroxylation sites is 1. The van der Waals surface area contributed by atoms with Crippen LogP contribution in [0, 0.1) is 5.82 Å². The van der Waals surface area contributed by atoms with E-state index in [-0.39, 0.29) is 17.7 Å². The summed E-state index contributed by atoms with van der Waals surface area (Å²) >= 11 is 6.44. The zero-order chi connectivity index (χ0) is 18.7. The molecule has 134 valence electrons. The van der Waals surface area contributed by atoms with Crippen molar-refractivity contribution in [3.8, 4) is 5.75 Å². The summed E-state index contributed by atoms with van der Waals surface area (Å²) in [6.07, 6.45) is 2.84. The van der Waals surface area contributed by atoms with E-state index in [0.29, 0.717) is 9.23 Å². The SMILES string of the molecule is CC[C@@H](C)Oc1ccc(/C=C2/SC(=S)N(c3ccccc3F)C2=O)cc1. The number of halogens is 1. The van der Waals surface area contributed by atoms with Crippen molar-refractivity contribution >= 4 is 46.0 Å². The van der Waals surface area contributed by atoms with Gasteiger partial charge in [-0.3, -0.25) is 9.69 Å². The lowest BCUT2D eigenvalue weighted by Gasteiger charge is -2.14. The maximum atomic E-state index is 14.0. The molecule has 26 heavy (non-hydrogen) atoms. The minimum Gasteiger partial charge on any atom is -0.491 e. The van der Waals surface area contributed by atoms with Crippen LogP contribution in [0.25, 0.3) is 6.08 Å². The van der Waals surface area contributed by atoms with Crippen LogP contribution in [0.15, 0.2) is 53.4 Å². The minimum absolute atomic E-state index is 0.151. The van der Waals surface area contributed by atoms with Crippen LogP contribution in [0.5, 0.6) is 5.75 Å². The number of ether oxygens (including phenoxy) is 1. The number of amides is 1. The number of hydrogen-bond acceptors (Lipinski definition) is 4. The monoisotopic (exact) mass is 387 g/mol. The van der Waals surface area contributed by atoms with Gasteiger partial charge in [0.25, 0.3) is 5.91 Å². The largest absolute Gasteiger partial charge is 0.491 e. The molecule has 1 heterocycles. The Labute approximate surface area is 161 Å². The van der Waals surface area contributed by atoms with Crippen molar-refractivity contribution in [1.29, 1.82) is 0 Å². The number of hydrogen-bond donors (Lipinski definition) is 0. The number of thiocarbonyl (C=S) groups is 1. The van der Waals surface area contributed by atoms with Gasteiger partial charge in [0.2, 0.25) is 0 Å². The molecule has 0 spiro atoms. The Kier molecular flexibility index (Phi) is 5.74. The summed E-state index contributed by atoms with van der Waals surface area (Å²) in [5.74, 6) is -0.00275. The van der Waals surface area contributed by atoms with Crippen molar-refractivity contribution in [3.05, 3.63) is 64.8 Å². The van der Waals surface area contributed by atoms with Crippen LogP contribution in [0.4, 0.5) is 10.1 Å². The first-order chi connectivity index (χ1) is 12.5. The Bertz CT molecular complexity index is 864. The summed E-state index contributed by atoms with van der Waals surface area (Å²) in [6.45, 7) is 4.08. The highest BCUT2D eigenvalue weighted by Crippen LogP contribution is 2.37. The highest BCUT2D eigenvalue weighted by Gasteiger charge is 2.34. The average Bonchev–Trinajstić information content (AvgIpc) is 2.91. The van der Waals surface area contributed by atoms with Crippen molar-refractivity contribution in [2.45, 2.75) is 26.4 Å². The van der Waals surface area contributed by atoms with Gasteiger partial charge >= 0.3 is 0 Å². The summed E-state index contributed by atoms with van der Waals surface area (Å²) in [5, 5.41) is 0. The van der Waals surface area contributed by atoms with Gasteiger partial charge in [-0.1, -0.05) is 55.2 Å². The molecule has 6 heteroatoms. The number of anilines is 1. The predicted octanol–water partition coefficient (Wildman–Crippen LogP) is 5.41. The Hall–Kier alpha value is -2.18. The third kappa shape index (κ3) is 3.97. The molecule has 0 unspecified atom stereocenters. The second-order valence-electron chi connectivity index (χ2n) is 5.87. The Morgan fingerprint density at radius 2 is 1.92 bits per heavy atom. The molecule has 2 aromatic rings. The quantitative estimate of drug-likeness (QED) is 0.507. The van der Waals surface area contributed by atoms with E-state index in [0.717, 1.165) is 17.7 Å². The molecule has 0 aliphatic carbocycles.